The van der Waals surface area contributed by atoms with E-state index in [1.165, 1.54) is 18.4 Å². The van der Waals surface area contributed by atoms with E-state index in [4.69, 9.17) is 9.47 Å². The molecule has 7 heteroatoms. The lowest BCUT2D eigenvalue weighted by atomic mass is 10.3. The van der Waals surface area contributed by atoms with E-state index in [9.17, 15) is 4.79 Å². The molecule has 0 aliphatic rings. The number of rotatable bonds is 5. The maximum absolute atomic E-state index is 11.5. The van der Waals surface area contributed by atoms with Gasteiger partial charge in [-0.05, 0) is 19.1 Å². The first-order valence-electron chi connectivity index (χ1n) is 6.13. The molecule has 112 valence electrons. The molecule has 21 heavy (non-hydrogen) atoms. The van der Waals surface area contributed by atoms with E-state index < -0.39 is 5.97 Å². The summed E-state index contributed by atoms with van der Waals surface area (Å²) in [5, 5.41) is 3.75. The Kier molecular flexibility index (Phi) is 4.64. The van der Waals surface area contributed by atoms with Gasteiger partial charge in [0, 0.05) is 16.6 Å². The van der Waals surface area contributed by atoms with Crippen LogP contribution >= 0.6 is 11.3 Å². The van der Waals surface area contributed by atoms with Crippen molar-refractivity contribution < 1.29 is 19.0 Å². The summed E-state index contributed by atoms with van der Waals surface area (Å²) in [6.07, 6.45) is 0. The molecule has 6 nitrogen and oxygen atoms in total. The minimum atomic E-state index is -0.441. The predicted octanol–water partition coefficient (Wildman–Crippen LogP) is 3.00. The standard InChI is InChI=1S/C14H16N2O4S/c1-8-12(13(17)20-4)16-14(21-8)15-9-5-6-10(18-2)11(7-9)19-3/h5-7H,1-4H3,(H,15,16). The molecule has 2 rings (SSSR count). The molecule has 0 aliphatic carbocycles. The SMILES string of the molecule is COC(=O)c1nc(Nc2ccc(OC)c(OC)c2)sc1C. The highest BCUT2D eigenvalue weighted by atomic mass is 32.1. The van der Waals surface area contributed by atoms with Gasteiger partial charge in [0.1, 0.15) is 0 Å². The summed E-state index contributed by atoms with van der Waals surface area (Å²) in [5.74, 6) is 0.821. The summed E-state index contributed by atoms with van der Waals surface area (Å²) >= 11 is 1.38. The fraction of sp³-hybridized carbons (Fsp3) is 0.286. The van der Waals surface area contributed by atoms with E-state index in [2.05, 4.69) is 15.0 Å². The van der Waals surface area contributed by atoms with Crippen LogP contribution in [0.1, 0.15) is 15.4 Å². The van der Waals surface area contributed by atoms with Gasteiger partial charge in [0.25, 0.3) is 0 Å². The van der Waals surface area contributed by atoms with Gasteiger partial charge < -0.3 is 19.5 Å². The molecule has 1 aromatic heterocycles. The molecule has 1 aromatic carbocycles. The van der Waals surface area contributed by atoms with Crippen molar-refractivity contribution in [1.82, 2.24) is 4.98 Å². The number of hydrogen-bond donors (Lipinski definition) is 1. The third kappa shape index (κ3) is 3.25. The number of anilines is 2. The van der Waals surface area contributed by atoms with Crippen molar-refractivity contribution in [2.45, 2.75) is 6.92 Å². The molecule has 0 radical (unpaired) electrons. The molecular formula is C14H16N2O4S. The minimum absolute atomic E-state index is 0.325. The van der Waals surface area contributed by atoms with Crippen LogP contribution in [0, 0.1) is 6.92 Å². The van der Waals surface area contributed by atoms with Crippen molar-refractivity contribution in [2.75, 3.05) is 26.6 Å². The third-order valence-corrected chi connectivity index (χ3v) is 3.70. The average molecular weight is 308 g/mol. The molecule has 0 fully saturated rings. The van der Waals surface area contributed by atoms with Crippen LogP contribution in [-0.4, -0.2) is 32.3 Å². The van der Waals surface area contributed by atoms with Gasteiger partial charge in [-0.25, -0.2) is 9.78 Å². The highest BCUT2D eigenvalue weighted by molar-refractivity contribution is 7.15. The summed E-state index contributed by atoms with van der Waals surface area (Å²) in [5.41, 5.74) is 1.11. The highest BCUT2D eigenvalue weighted by Crippen LogP contribution is 2.32. The molecule has 0 saturated carbocycles. The lowest BCUT2D eigenvalue weighted by molar-refractivity contribution is 0.0594. The summed E-state index contributed by atoms with van der Waals surface area (Å²) in [6, 6.07) is 5.44. The number of methoxy groups -OCH3 is 3. The van der Waals surface area contributed by atoms with Crippen LogP contribution < -0.4 is 14.8 Å². The van der Waals surface area contributed by atoms with Gasteiger partial charge in [-0.2, -0.15) is 0 Å². The van der Waals surface area contributed by atoms with Crippen LogP contribution in [0.2, 0.25) is 0 Å². The molecule has 0 spiro atoms. The number of nitrogens with zero attached hydrogens (tertiary/aromatic N) is 1. The van der Waals surface area contributed by atoms with Crippen LogP contribution in [0.25, 0.3) is 0 Å². The molecule has 2 aromatic rings. The molecule has 1 N–H and O–H groups in total. The van der Waals surface area contributed by atoms with E-state index in [-0.39, 0.29) is 0 Å². The van der Waals surface area contributed by atoms with Gasteiger partial charge in [-0.1, -0.05) is 0 Å². The monoisotopic (exact) mass is 308 g/mol. The largest absolute Gasteiger partial charge is 0.493 e. The fourth-order valence-electron chi connectivity index (χ4n) is 1.77. The quantitative estimate of drug-likeness (QED) is 0.856. The number of carbonyl (C=O) groups excluding carboxylic acids is 1. The van der Waals surface area contributed by atoms with Crippen LogP contribution in [0.3, 0.4) is 0 Å². The maximum Gasteiger partial charge on any atom is 0.357 e. The number of aromatic nitrogens is 1. The topological polar surface area (TPSA) is 69.7 Å². The van der Waals surface area contributed by atoms with E-state index >= 15 is 0 Å². The summed E-state index contributed by atoms with van der Waals surface area (Å²) < 4.78 is 15.1. The first-order chi connectivity index (χ1) is 10.1. The molecular weight excluding hydrogens is 292 g/mol. The second-order valence-corrected chi connectivity index (χ2v) is 5.31. The number of ether oxygens (including phenoxy) is 3. The lowest BCUT2D eigenvalue weighted by Crippen LogP contribution is -2.03. The Hall–Kier alpha value is -2.28. The van der Waals surface area contributed by atoms with E-state index in [0.29, 0.717) is 22.3 Å². The number of esters is 1. The maximum atomic E-state index is 11.5. The van der Waals surface area contributed by atoms with Crippen molar-refractivity contribution in [1.29, 1.82) is 0 Å². The molecule has 0 unspecified atom stereocenters. The summed E-state index contributed by atoms with van der Waals surface area (Å²) in [6.45, 7) is 1.82. The van der Waals surface area contributed by atoms with Crippen molar-refractivity contribution in [3.63, 3.8) is 0 Å². The van der Waals surface area contributed by atoms with Gasteiger partial charge in [0.15, 0.2) is 22.3 Å². The molecule has 0 amide bonds. The average Bonchev–Trinajstić information content (AvgIpc) is 2.86. The van der Waals surface area contributed by atoms with Crippen molar-refractivity contribution in [3.8, 4) is 11.5 Å². The minimum Gasteiger partial charge on any atom is -0.493 e. The van der Waals surface area contributed by atoms with Gasteiger partial charge in [0.05, 0.1) is 21.3 Å². The van der Waals surface area contributed by atoms with E-state index in [1.807, 2.05) is 13.0 Å². The Bertz CT molecular complexity index is 654. The van der Waals surface area contributed by atoms with Crippen LogP contribution in [-0.2, 0) is 4.74 Å². The molecule has 0 aliphatic heterocycles. The van der Waals surface area contributed by atoms with Gasteiger partial charge >= 0.3 is 5.97 Å². The van der Waals surface area contributed by atoms with Gasteiger partial charge in [-0.15, -0.1) is 11.3 Å². The molecule has 0 bridgehead atoms. The normalized spacial score (nSPS) is 10.1. The van der Waals surface area contributed by atoms with Crippen LogP contribution in [0.15, 0.2) is 18.2 Å². The number of hydrogen-bond acceptors (Lipinski definition) is 7. The third-order valence-electron chi connectivity index (χ3n) is 2.81. The molecule has 1 heterocycles. The van der Waals surface area contributed by atoms with Crippen molar-refractivity contribution in [3.05, 3.63) is 28.8 Å². The number of nitrogens with one attached hydrogen (secondary N) is 1. The zero-order valence-electron chi connectivity index (χ0n) is 12.2. The van der Waals surface area contributed by atoms with E-state index in [0.717, 1.165) is 10.6 Å². The zero-order valence-corrected chi connectivity index (χ0v) is 13.0. The summed E-state index contributed by atoms with van der Waals surface area (Å²) in [7, 11) is 4.49. The Morgan fingerprint density at radius 1 is 1.19 bits per heavy atom. The fourth-order valence-corrected chi connectivity index (χ4v) is 2.59. The first-order valence-corrected chi connectivity index (χ1v) is 6.95. The van der Waals surface area contributed by atoms with Crippen LogP contribution in [0.5, 0.6) is 11.5 Å². The number of aryl methyl sites for hydroxylation is 1. The number of benzene rings is 1. The Morgan fingerprint density at radius 3 is 2.52 bits per heavy atom. The Labute approximate surface area is 126 Å². The zero-order chi connectivity index (χ0) is 15.4. The molecule has 0 atom stereocenters. The first kappa shape index (κ1) is 15.1. The smallest absolute Gasteiger partial charge is 0.357 e. The number of carbonyl (C=O) groups is 1. The van der Waals surface area contributed by atoms with Gasteiger partial charge in [0.2, 0.25) is 0 Å². The Morgan fingerprint density at radius 2 is 1.90 bits per heavy atom. The lowest BCUT2D eigenvalue weighted by Gasteiger charge is -2.09. The molecule has 0 saturated heterocycles. The summed E-state index contributed by atoms with van der Waals surface area (Å²) in [4.78, 5) is 16.6. The van der Waals surface area contributed by atoms with E-state index in [1.54, 1.807) is 26.4 Å². The number of thiazole rings is 1. The van der Waals surface area contributed by atoms with Gasteiger partial charge in [-0.3, -0.25) is 0 Å². The Balaban J connectivity index is 2.24. The van der Waals surface area contributed by atoms with Crippen LogP contribution in [0.4, 0.5) is 10.8 Å². The van der Waals surface area contributed by atoms with Crippen molar-refractivity contribution in [2.24, 2.45) is 0 Å². The predicted molar refractivity (Wildman–Crippen MR) is 81.0 cm³/mol. The highest BCUT2D eigenvalue weighted by Gasteiger charge is 2.16. The second-order valence-electron chi connectivity index (χ2n) is 4.11. The second kappa shape index (κ2) is 6.45. The van der Waals surface area contributed by atoms with Crippen molar-refractivity contribution >= 4 is 28.1 Å².